The molecule has 2 aromatic carbocycles. The molecule has 21 heavy (non-hydrogen) atoms. The molecule has 0 bridgehead atoms. The Bertz CT molecular complexity index is 681. The Kier molecular flexibility index (Phi) is 4.37. The summed E-state index contributed by atoms with van der Waals surface area (Å²) in [5, 5.41) is 3.11. The highest BCUT2D eigenvalue weighted by molar-refractivity contribution is 6.32. The number of methoxy groups -OCH3 is 2. The highest BCUT2D eigenvalue weighted by Gasteiger charge is 2.13. The maximum absolute atomic E-state index is 13.4. The molecule has 0 saturated carbocycles. The number of halogens is 3. The van der Waals surface area contributed by atoms with Gasteiger partial charge in [0, 0.05) is 12.1 Å². The van der Waals surface area contributed by atoms with E-state index in [4.69, 9.17) is 26.8 Å². The fraction of sp³-hybridized carbons (Fsp3) is 0.143. The molecule has 0 aromatic heterocycles. The van der Waals surface area contributed by atoms with Gasteiger partial charge in [0.05, 0.1) is 36.3 Å². The summed E-state index contributed by atoms with van der Waals surface area (Å²) < 4.78 is 37.0. The molecule has 2 aromatic rings. The van der Waals surface area contributed by atoms with Crippen LogP contribution < -0.4 is 20.5 Å². The molecule has 0 heterocycles. The zero-order valence-corrected chi connectivity index (χ0v) is 12.1. The summed E-state index contributed by atoms with van der Waals surface area (Å²) in [6.45, 7) is 0. The normalized spacial score (nSPS) is 10.3. The Morgan fingerprint density at radius 3 is 2.29 bits per heavy atom. The molecule has 4 nitrogen and oxygen atoms in total. The van der Waals surface area contributed by atoms with E-state index in [0.29, 0.717) is 28.3 Å². The molecule has 0 saturated heterocycles. The van der Waals surface area contributed by atoms with Gasteiger partial charge < -0.3 is 20.5 Å². The first-order valence-electron chi connectivity index (χ1n) is 5.89. The van der Waals surface area contributed by atoms with E-state index in [1.807, 2.05) is 0 Å². The topological polar surface area (TPSA) is 56.5 Å². The number of hydrogen-bond acceptors (Lipinski definition) is 4. The van der Waals surface area contributed by atoms with E-state index >= 15 is 0 Å². The molecule has 112 valence electrons. The number of hydrogen-bond donors (Lipinski definition) is 2. The molecular weight excluding hydrogens is 302 g/mol. The van der Waals surface area contributed by atoms with Gasteiger partial charge in [-0.15, -0.1) is 0 Å². The second-order valence-corrected chi connectivity index (χ2v) is 4.57. The van der Waals surface area contributed by atoms with Gasteiger partial charge in [-0.3, -0.25) is 0 Å². The van der Waals surface area contributed by atoms with Crippen molar-refractivity contribution in [2.24, 2.45) is 0 Å². The number of ether oxygens (including phenoxy) is 2. The van der Waals surface area contributed by atoms with Crippen molar-refractivity contribution in [3.63, 3.8) is 0 Å². The highest BCUT2D eigenvalue weighted by atomic mass is 35.5. The van der Waals surface area contributed by atoms with Gasteiger partial charge in [-0.25, -0.2) is 8.78 Å². The Morgan fingerprint density at radius 1 is 1.00 bits per heavy atom. The van der Waals surface area contributed by atoms with Gasteiger partial charge in [0.1, 0.15) is 17.3 Å². The van der Waals surface area contributed by atoms with Gasteiger partial charge in [-0.05, 0) is 12.1 Å². The number of nitrogens with two attached hydrogens (primary N) is 1. The van der Waals surface area contributed by atoms with Crippen molar-refractivity contribution in [2.45, 2.75) is 0 Å². The molecule has 0 aliphatic rings. The lowest BCUT2D eigenvalue weighted by Crippen LogP contribution is -2.02. The lowest BCUT2D eigenvalue weighted by molar-refractivity contribution is 0.396. The van der Waals surface area contributed by atoms with Gasteiger partial charge >= 0.3 is 0 Å². The lowest BCUT2D eigenvalue weighted by Gasteiger charge is -2.15. The zero-order chi connectivity index (χ0) is 15.6. The first-order valence-corrected chi connectivity index (χ1v) is 6.27. The van der Waals surface area contributed by atoms with Crippen molar-refractivity contribution in [3.8, 4) is 11.5 Å². The van der Waals surface area contributed by atoms with Crippen LogP contribution in [0.25, 0.3) is 0 Å². The summed E-state index contributed by atoms with van der Waals surface area (Å²) in [5.74, 6) is -0.795. The average Bonchev–Trinajstić information content (AvgIpc) is 2.44. The summed E-state index contributed by atoms with van der Waals surface area (Å²) in [7, 11) is 2.91. The van der Waals surface area contributed by atoms with Crippen LogP contribution in [-0.2, 0) is 0 Å². The van der Waals surface area contributed by atoms with Gasteiger partial charge in [-0.2, -0.15) is 0 Å². The lowest BCUT2D eigenvalue weighted by atomic mass is 10.2. The summed E-state index contributed by atoms with van der Waals surface area (Å²) in [4.78, 5) is 0. The van der Waals surface area contributed by atoms with Crippen LogP contribution in [0.4, 0.5) is 25.8 Å². The maximum atomic E-state index is 13.4. The van der Waals surface area contributed by atoms with E-state index in [1.54, 1.807) is 6.07 Å². The molecule has 0 unspecified atom stereocenters. The molecule has 0 spiro atoms. The second kappa shape index (κ2) is 6.05. The summed E-state index contributed by atoms with van der Waals surface area (Å²) in [6.07, 6.45) is 0. The van der Waals surface area contributed by atoms with Gasteiger partial charge in [0.15, 0.2) is 5.82 Å². The molecule has 0 amide bonds. The second-order valence-electron chi connectivity index (χ2n) is 4.16. The Morgan fingerprint density at radius 2 is 1.67 bits per heavy atom. The predicted octanol–water partition coefficient (Wildman–Crippen LogP) is 3.96. The molecule has 0 radical (unpaired) electrons. The minimum atomic E-state index is -0.851. The average molecular weight is 315 g/mol. The largest absolute Gasteiger partial charge is 0.495 e. The van der Waals surface area contributed by atoms with Crippen LogP contribution in [0.3, 0.4) is 0 Å². The van der Waals surface area contributed by atoms with Gasteiger partial charge in [0.25, 0.3) is 0 Å². The number of benzene rings is 2. The third-order valence-electron chi connectivity index (χ3n) is 2.84. The molecule has 0 fully saturated rings. The van der Waals surface area contributed by atoms with Crippen molar-refractivity contribution in [2.75, 3.05) is 25.3 Å². The van der Waals surface area contributed by atoms with E-state index in [-0.39, 0.29) is 11.4 Å². The van der Waals surface area contributed by atoms with Crippen LogP contribution in [0, 0.1) is 11.6 Å². The van der Waals surface area contributed by atoms with E-state index in [9.17, 15) is 8.78 Å². The number of nitrogens with one attached hydrogen (secondary N) is 1. The van der Waals surface area contributed by atoms with Crippen molar-refractivity contribution in [3.05, 3.63) is 40.9 Å². The first kappa shape index (κ1) is 15.2. The van der Waals surface area contributed by atoms with Crippen LogP contribution in [0.1, 0.15) is 0 Å². The summed E-state index contributed by atoms with van der Waals surface area (Å²) >= 11 is 6.03. The van der Waals surface area contributed by atoms with E-state index < -0.39 is 11.6 Å². The fourth-order valence-corrected chi connectivity index (χ4v) is 2.03. The first-order chi connectivity index (χ1) is 9.96. The molecule has 2 rings (SSSR count). The molecule has 0 aliphatic heterocycles. The minimum Gasteiger partial charge on any atom is -0.495 e. The minimum absolute atomic E-state index is 0.0760. The molecule has 3 N–H and O–H groups in total. The Labute approximate surface area is 125 Å². The van der Waals surface area contributed by atoms with Crippen LogP contribution in [0.5, 0.6) is 11.5 Å². The molecule has 7 heteroatoms. The van der Waals surface area contributed by atoms with Crippen LogP contribution >= 0.6 is 11.6 Å². The Balaban J connectivity index is 2.46. The molecule has 0 aliphatic carbocycles. The van der Waals surface area contributed by atoms with Gasteiger partial charge in [0.2, 0.25) is 0 Å². The highest BCUT2D eigenvalue weighted by Crippen LogP contribution is 2.38. The van der Waals surface area contributed by atoms with E-state index in [0.717, 1.165) is 6.07 Å². The van der Waals surface area contributed by atoms with E-state index in [2.05, 4.69) is 5.32 Å². The third-order valence-corrected chi connectivity index (χ3v) is 3.13. The zero-order valence-electron chi connectivity index (χ0n) is 11.3. The maximum Gasteiger partial charge on any atom is 0.151 e. The van der Waals surface area contributed by atoms with Gasteiger partial charge in [-0.1, -0.05) is 11.6 Å². The number of nitrogen functional groups attached to an aromatic ring is 1. The standard InChI is InChI=1S/C14H13ClF2N2O2/c1-20-12-6-13(21-2)10(5-8(12)15)19-11-4-7(16)3-9(17)14(11)18/h3-6,19H,18H2,1-2H3. The Hall–Kier alpha value is -2.21. The fourth-order valence-electron chi connectivity index (χ4n) is 1.79. The smallest absolute Gasteiger partial charge is 0.151 e. The van der Waals surface area contributed by atoms with Crippen molar-refractivity contribution in [1.29, 1.82) is 0 Å². The summed E-state index contributed by atoms with van der Waals surface area (Å²) in [6, 6.07) is 4.85. The van der Waals surface area contributed by atoms with E-state index in [1.165, 1.54) is 20.3 Å². The van der Waals surface area contributed by atoms with Crippen LogP contribution in [-0.4, -0.2) is 14.2 Å². The van der Waals surface area contributed by atoms with Crippen molar-refractivity contribution in [1.82, 2.24) is 0 Å². The number of rotatable bonds is 4. The van der Waals surface area contributed by atoms with Crippen molar-refractivity contribution < 1.29 is 18.3 Å². The summed E-state index contributed by atoms with van der Waals surface area (Å²) in [5.41, 5.74) is 5.86. The van der Waals surface area contributed by atoms with Crippen LogP contribution in [0.15, 0.2) is 24.3 Å². The number of anilines is 3. The monoisotopic (exact) mass is 314 g/mol. The molecule has 0 atom stereocenters. The molecular formula is C14H13ClF2N2O2. The van der Waals surface area contributed by atoms with Crippen molar-refractivity contribution >= 4 is 28.7 Å². The quantitative estimate of drug-likeness (QED) is 0.839. The SMILES string of the molecule is COc1cc(OC)c(Nc2cc(F)cc(F)c2N)cc1Cl. The predicted molar refractivity (Wildman–Crippen MR) is 78.6 cm³/mol. The third kappa shape index (κ3) is 3.11. The van der Waals surface area contributed by atoms with Crippen LogP contribution in [0.2, 0.25) is 5.02 Å².